The van der Waals surface area contributed by atoms with E-state index >= 15 is 0 Å². The second-order valence-electron chi connectivity index (χ2n) is 4.89. The molecule has 1 aliphatic rings. The van der Waals surface area contributed by atoms with Gasteiger partial charge in [0.05, 0.1) is 12.6 Å². The highest BCUT2D eigenvalue weighted by molar-refractivity contribution is 5.35. The molecule has 1 atom stereocenters. The van der Waals surface area contributed by atoms with Crippen LogP contribution in [0.5, 0.6) is 5.88 Å². The van der Waals surface area contributed by atoms with E-state index in [-0.39, 0.29) is 6.04 Å². The first-order chi connectivity index (χ1) is 9.24. The number of likely N-dealkylation sites (N-methyl/N-ethyl adjacent to an activating group) is 1. The molecule has 1 aromatic rings. The molecule has 0 aliphatic carbocycles. The lowest BCUT2D eigenvalue weighted by molar-refractivity contribution is 0.266. The average Bonchev–Trinajstić information content (AvgIpc) is 2.45. The predicted molar refractivity (Wildman–Crippen MR) is 75.5 cm³/mol. The largest absolute Gasteiger partial charge is 0.478 e. The molecule has 2 N–H and O–H groups in total. The third-order valence-corrected chi connectivity index (χ3v) is 3.29. The van der Waals surface area contributed by atoms with Crippen LogP contribution in [0.15, 0.2) is 12.3 Å². The molecule has 2 heterocycles. The van der Waals surface area contributed by atoms with Crippen LogP contribution < -0.4 is 15.4 Å². The highest BCUT2D eigenvalue weighted by atomic mass is 16.5. The monoisotopic (exact) mass is 265 g/mol. The molecule has 0 saturated carbocycles. The van der Waals surface area contributed by atoms with Crippen LogP contribution in [-0.4, -0.2) is 60.7 Å². The maximum Gasteiger partial charge on any atom is 0.228 e. The van der Waals surface area contributed by atoms with Crippen molar-refractivity contribution < 1.29 is 4.74 Å². The summed E-state index contributed by atoms with van der Waals surface area (Å²) in [7, 11) is 2.11. The quantitative estimate of drug-likeness (QED) is 0.828. The number of anilines is 1. The van der Waals surface area contributed by atoms with Gasteiger partial charge in [-0.3, -0.25) is 0 Å². The molecule has 1 unspecified atom stereocenters. The number of rotatable bonds is 5. The van der Waals surface area contributed by atoms with Crippen LogP contribution >= 0.6 is 0 Å². The fraction of sp³-hybridized carbons (Fsp3) is 0.692. The highest BCUT2D eigenvalue weighted by Gasteiger charge is 2.26. The van der Waals surface area contributed by atoms with Gasteiger partial charge in [-0.05, 0) is 13.5 Å². The summed E-state index contributed by atoms with van der Waals surface area (Å²) in [5.41, 5.74) is 5.86. The number of ether oxygens (including phenoxy) is 1. The van der Waals surface area contributed by atoms with Crippen molar-refractivity contribution in [1.29, 1.82) is 0 Å². The second-order valence-corrected chi connectivity index (χ2v) is 4.89. The maximum absolute atomic E-state index is 5.86. The van der Waals surface area contributed by atoms with Gasteiger partial charge in [0.1, 0.15) is 0 Å². The molecule has 1 aliphatic heterocycles. The molecule has 0 bridgehead atoms. The van der Waals surface area contributed by atoms with Crippen LogP contribution in [0, 0.1) is 0 Å². The van der Waals surface area contributed by atoms with Gasteiger partial charge in [-0.2, -0.15) is 4.98 Å². The Balaban J connectivity index is 2.11. The minimum atomic E-state index is 0.264. The maximum atomic E-state index is 5.86. The van der Waals surface area contributed by atoms with Crippen molar-refractivity contribution in [1.82, 2.24) is 14.9 Å². The smallest absolute Gasteiger partial charge is 0.228 e. The van der Waals surface area contributed by atoms with Gasteiger partial charge in [-0.1, -0.05) is 6.92 Å². The number of hydrogen-bond donors (Lipinski definition) is 1. The molecular weight excluding hydrogens is 242 g/mol. The van der Waals surface area contributed by atoms with Gasteiger partial charge in [0, 0.05) is 38.4 Å². The molecule has 1 saturated heterocycles. The molecule has 2 rings (SSSR count). The van der Waals surface area contributed by atoms with Crippen molar-refractivity contribution >= 4 is 5.95 Å². The van der Waals surface area contributed by atoms with E-state index in [4.69, 9.17) is 10.5 Å². The molecule has 0 spiro atoms. The summed E-state index contributed by atoms with van der Waals surface area (Å²) in [5, 5.41) is 0. The van der Waals surface area contributed by atoms with Crippen LogP contribution in [0.3, 0.4) is 0 Å². The molecule has 106 valence electrons. The zero-order chi connectivity index (χ0) is 13.7. The van der Waals surface area contributed by atoms with E-state index < -0.39 is 0 Å². The van der Waals surface area contributed by atoms with Crippen molar-refractivity contribution in [3.8, 4) is 5.88 Å². The van der Waals surface area contributed by atoms with Gasteiger partial charge < -0.3 is 20.3 Å². The molecular formula is C13H23N5O. The molecule has 1 fully saturated rings. The molecule has 0 radical (unpaired) electrons. The van der Waals surface area contributed by atoms with Crippen molar-refractivity contribution in [3.63, 3.8) is 0 Å². The first kappa shape index (κ1) is 14.0. The summed E-state index contributed by atoms with van der Waals surface area (Å²) >= 11 is 0. The van der Waals surface area contributed by atoms with E-state index in [1.165, 1.54) is 0 Å². The first-order valence-corrected chi connectivity index (χ1v) is 6.85. The minimum absolute atomic E-state index is 0.264. The number of aromatic nitrogens is 2. The Labute approximate surface area is 114 Å². The summed E-state index contributed by atoms with van der Waals surface area (Å²) in [4.78, 5) is 13.3. The molecule has 6 nitrogen and oxygen atoms in total. The topological polar surface area (TPSA) is 67.5 Å². The van der Waals surface area contributed by atoms with Crippen molar-refractivity contribution in [3.05, 3.63) is 12.3 Å². The Bertz CT molecular complexity index is 400. The highest BCUT2D eigenvalue weighted by Crippen LogP contribution is 2.18. The summed E-state index contributed by atoms with van der Waals surface area (Å²) in [6, 6.07) is 2.06. The Kier molecular flexibility index (Phi) is 4.93. The average molecular weight is 265 g/mol. The fourth-order valence-corrected chi connectivity index (χ4v) is 2.23. The van der Waals surface area contributed by atoms with E-state index in [2.05, 4.69) is 33.7 Å². The van der Waals surface area contributed by atoms with E-state index in [9.17, 15) is 0 Å². The minimum Gasteiger partial charge on any atom is -0.478 e. The van der Waals surface area contributed by atoms with E-state index in [1.54, 1.807) is 12.3 Å². The van der Waals surface area contributed by atoms with E-state index in [1.807, 2.05) is 0 Å². The zero-order valence-electron chi connectivity index (χ0n) is 11.7. The normalized spacial score (nSPS) is 20.6. The fourth-order valence-electron chi connectivity index (χ4n) is 2.23. The number of nitrogens with two attached hydrogens (primary N) is 1. The van der Waals surface area contributed by atoms with Gasteiger partial charge in [0.25, 0.3) is 0 Å². The standard InChI is InChI=1S/C13H23N5O/c1-3-8-19-12-4-5-15-13(16-12)18-7-6-17(2)10-11(18)9-14/h4-5,11H,3,6-10,14H2,1-2H3. The van der Waals surface area contributed by atoms with Crippen molar-refractivity contribution in [2.45, 2.75) is 19.4 Å². The van der Waals surface area contributed by atoms with E-state index in [0.717, 1.165) is 32.0 Å². The molecule has 6 heteroatoms. The number of piperazine rings is 1. The van der Waals surface area contributed by atoms with E-state index in [0.29, 0.717) is 19.0 Å². The molecule has 1 aromatic heterocycles. The Morgan fingerprint density at radius 3 is 3.05 bits per heavy atom. The first-order valence-electron chi connectivity index (χ1n) is 6.85. The lowest BCUT2D eigenvalue weighted by atomic mass is 10.2. The van der Waals surface area contributed by atoms with Crippen LogP contribution in [0.2, 0.25) is 0 Å². The van der Waals surface area contributed by atoms with Gasteiger partial charge in [-0.25, -0.2) is 4.98 Å². The third kappa shape index (κ3) is 3.54. The zero-order valence-corrected chi connectivity index (χ0v) is 11.7. The predicted octanol–water partition coefficient (Wildman–Crippen LogP) is 0.345. The van der Waals surface area contributed by atoms with Crippen molar-refractivity contribution in [2.24, 2.45) is 5.73 Å². The summed E-state index contributed by atoms with van der Waals surface area (Å²) in [6.07, 6.45) is 2.72. The lowest BCUT2D eigenvalue weighted by Gasteiger charge is -2.39. The van der Waals surface area contributed by atoms with Gasteiger partial charge in [0.2, 0.25) is 11.8 Å². The summed E-state index contributed by atoms with van der Waals surface area (Å²) in [6.45, 7) is 6.20. The van der Waals surface area contributed by atoms with Gasteiger partial charge >= 0.3 is 0 Å². The van der Waals surface area contributed by atoms with Gasteiger partial charge in [0.15, 0.2) is 0 Å². The lowest BCUT2D eigenvalue weighted by Crippen LogP contribution is -2.55. The third-order valence-electron chi connectivity index (χ3n) is 3.29. The Hall–Kier alpha value is -1.40. The number of nitrogens with zero attached hydrogens (tertiary/aromatic N) is 4. The van der Waals surface area contributed by atoms with Crippen LogP contribution in [-0.2, 0) is 0 Å². The Morgan fingerprint density at radius 1 is 1.47 bits per heavy atom. The van der Waals surface area contributed by atoms with Gasteiger partial charge in [-0.15, -0.1) is 0 Å². The van der Waals surface area contributed by atoms with Crippen LogP contribution in [0.4, 0.5) is 5.95 Å². The summed E-state index contributed by atoms with van der Waals surface area (Å²) in [5.74, 6) is 1.36. The summed E-state index contributed by atoms with van der Waals surface area (Å²) < 4.78 is 5.56. The molecule has 0 aromatic carbocycles. The second kappa shape index (κ2) is 6.68. The molecule has 19 heavy (non-hydrogen) atoms. The van der Waals surface area contributed by atoms with Crippen LogP contribution in [0.25, 0.3) is 0 Å². The van der Waals surface area contributed by atoms with Crippen LogP contribution in [0.1, 0.15) is 13.3 Å². The number of hydrogen-bond acceptors (Lipinski definition) is 6. The SMILES string of the molecule is CCCOc1ccnc(N2CCN(C)CC2CN)n1. The molecule has 0 amide bonds. The van der Waals surface area contributed by atoms with Crippen molar-refractivity contribution in [2.75, 3.05) is 44.7 Å². The Morgan fingerprint density at radius 2 is 2.32 bits per heavy atom.